The van der Waals surface area contributed by atoms with Crippen molar-refractivity contribution in [3.05, 3.63) is 107 Å². The number of fused-ring (bicyclic) bond motifs is 1. The highest BCUT2D eigenvalue weighted by Gasteiger charge is 2.44. The van der Waals surface area contributed by atoms with Crippen molar-refractivity contribution < 1.29 is 19.1 Å². The van der Waals surface area contributed by atoms with Crippen molar-refractivity contribution in [1.82, 2.24) is 14.9 Å². The lowest BCUT2D eigenvalue weighted by Crippen LogP contribution is -2.31. The van der Waals surface area contributed by atoms with E-state index in [1.165, 1.54) is 4.90 Å². The van der Waals surface area contributed by atoms with E-state index in [9.17, 15) is 14.7 Å². The maximum atomic E-state index is 13.5. The summed E-state index contributed by atoms with van der Waals surface area (Å²) in [6.07, 6.45) is 4.76. The van der Waals surface area contributed by atoms with Crippen molar-refractivity contribution >= 4 is 34.3 Å². The minimum atomic E-state index is -0.822. The second-order valence-electron chi connectivity index (χ2n) is 7.32. The Bertz CT molecular complexity index is 1370. The second-order valence-corrected chi connectivity index (χ2v) is 7.76. The first-order valence-electron chi connectivity index (χ1n) is 9.80. The van der Waals surface area contributed by atoms with Crippen LogP contribution in [-0.2, 0) is 11.3 Å². The van der Waals surface area contributed by atoms with Gasteiger partial charge in [0.2, 0.25) is 5.78 Å². The summed E-state index contributed by atoms with van der Waals surface area (Å²) in [5.41, 5.74) is 1.69. The molecule has 0 bridgehead atoms. The molecule has 0 saturated heterocycles. The van der Waals surface area contributed by atoms with Gasteiger partial charge in [-0.15, -0.1) is 0 Å². The van der Waals surface area contributed by atoms with Gasteiger partial charge in [-0.2, -0.15) is 0 Å². The average Bonchev–Trinajstić information content (AvgIpc) is 3.34. The van der Waals surface area contributed by atoms with E-state index in [2.05, 4.69) is 9.97 Å². The first-order valence-corrected chi connectivity index (χ1v) is 10.2. The highest BCUT2D eigenvalue weighted by Crippen LogP contribution is 2.40. The van der Waals surface area contributed by atoms with Crippen molar-refractivity contribution in [3.63, 3.8) is 0 Å². The summed E-state index contributed by atoms with van der Waals surface area (Å²) in [6.45, 7) is 0.114. The number of pyridine rings is 2. The van der Waals surface area contributed by atoms with E-state index in [0.29, 0.717) is 27.2 Å². The number of benzene rings is 1. The Morgan fingerprint density at radius 3 is 2.66 bits per heavy atom. The minimum absolute atomic E-state index is 0.00959. The van der Waals surface area contributed by atoms with Crippen LogP contribution in [-0.4, -0.2) is 31.7 Å². The minimum Gasteiger partial charge on any atom is -0.503 e. The predicted octanol–water partition coefficient (Wildman–Crippen LogP) is 4.65. The maximum Gasteiger partial charge on any atom is 0.290 e. The van der Waals surface area contributed by atoms with E-state index in [1.807, 2.05) is 6.07 Å². The van der Waals surface area contributed by atoms with E-state index in [0.717, 1.165) is 0 Å². The largest absolute Gasteiger partial charge is 0.503 e. The number of carbonyl (C=O) groups excluding carboxylic acids is 2. The lowest BCUT2D eigenvalue weighted by atomic mass is 9.95. The third kappa shape index (κ3) is 3.42. The number of ketones is 1. The summed E-state index contributed by atoms with van der Waals surface area (Å²) < 4.78 is 5.71. The number of carbonyl (C=O) groups is 2. The number of nitrogens with zero attached hydrogens (tertiary/aromatic N) is 3. The summed E-state index contributed by atoms with van der Waals surface area (Å²) in [5, 5.41) is 11.9. The fourth-order valence-corrected chi connectivity index (χ4v) is 4.05. The first-order chi connectivity index (χ1) is 15.5. The molecular weight excluding hydrogens is 430 g/mol. The van der Waals surface area contributed by atoms with Crippen molar-refractivity contribution in [1.29, 1.82) is 0 Å². The number of aromatic nitrogens is 2. The Morgan fingerprint density at radius 1 is 1.09 bits per heavy atom. The summed E-state index contributed by atoms with van der Waals surface area (Å²) in [4.78, 5) is 36.2. The van der Waals surface area contributed by atoms with Gasteiger partial charge in [0.15, 0.2) is 11.5 Å². The summed E-state index contributed by atoms with van der Waals surface area (Å²) in [6, 6.07) is 14.5. The van der Waals surface area contributed by atoms with Crippen LogP contribution in [0, 0.1) is 0 Å². The molecule has 5 rings (SSSR count). The Kier molecular flexibility index (Phi) is 4.95. The molecule has 4 heterocycles. The fourth-order valence-electron chi connectivity index (χ4n) is 3.87. The van der Waals surface area contributed by atoms with Gasteiger partial charge in [0.25, 0.3) is 5.91 Å². The number of aliphatic hydroxyl groups is 1. The van der Waals surface area contributed by atoms with Gasteiger partial charge in [-0.3, -0.25) is 19.6 Å². The van der Waals surface area contributed by atoms with Crippen LogP contribution in [0.5, 0.6) is 0 Å². The quantitative estimate of drug-likeness (QED) is 0.449. The van der Waals surface area contributed by atoms with Crippen molar-refractivity contribution in [2.75, 3.05) is 0 Å². The predicted molar refractivity (Wildman–Crippen MR) is 117 cm³/mol. The smallest absolute Gasteiger partial charge is 0.290 e. The Hall–Kier alpha value is -3.97. The summed E-state index contributed by atoms with van der Waals surface area (Å²) in [5.74, 6) is -1.82. The lowest BCUT2D eigenvalue weighted by molar-refractivity contribution is -0.130. The first kappa shape index (κ1) is 20.0. The lowest BCUT2D eigenvalue weighted by Gasteiger charge is -2.26. The molecule has 0 aliphatic carbocycles. The number of hydrogen-bond donors (Lipinski definition) is 1. The molecule has 1 N–H and O–H groups in total. The van der Waals surface area contributed by atoms with Crippen LogP contribution in [0.3, 0.4) is 0 Å². The van der Waals surface area contributed by atoms with Gasteiger partial charge < -0.3 is 14.4 Å². The van der Waals surface area contributed by atoms with Crippen LogP contribution in [0.2, 0.25) is 5.02 Å². The molecule has 1 aliphatic rings. The zero-order valence-electron chi connectivity index (χ0n) is 16.6. The van der Waals surface area contributed by atoms with E-state index in [4.69, 9.17) is 16.0 Å². The molecule has 7 nitrogen and oxygen atoms in total. The molecule has 3 aromatic heterocycles. The van der Waals surface area contributed by atoms with Crippen LogP contribution in [0.1, 0.15) is 27.9 Å². The van der Waals surface area contributed by atoms with Gasteiger partial charge in [0, 0.05) is 29.0 Å². The molecular formula is C24H16ClN3O4. The van der Waals surface area contributed by atoms with Gasteiger partial charge in [0.05, 0.1) is 23.9 Å². The standard InChI is InChI=1S/C24H16ClN3O4/c25-16-4-5-18-15(11-16)12-19(32-18)22(29)20-21(14-6-9-26-10-7-14)28(24(31)23(20)30)13-17-3-1-2-8-27-17/h1-12,21,30H,13H2. The van der Waals surface area contributed by atoms with E-state index < -0.39 is 23.5 Å². The highest BCUT2D eigenvalue weighted by atomic mass is 35.5. The van der Waals surface area contributed by atoms with Gasteiger partial charge in [-0.05, 0) is 54.1 Å². The van der Waals surface area contributed by atoms with Gasteiger partial charge in [0.1, 0.15) is 5.58 Å². The third-order valence-corrected chi connectivity index (χ3v) is 5.57. The summed E-state index contributed by atoms with van der Waals surface area (Å²) in [7, 11) is 0. The molecule has 8 heteroatoms. The number of halogens is 1. The molecule has 1 aromatic carbocycles. The van der Waals surface area contributed by atoms with Crippen molar-refractivity contribution in [2.45, 2.75) is 12.6 Å². The molecule has 0 saturated carbocycles. The Labute approximate surface area is 187 Å². The zero-order chi connectivity index (χ0) is 22.2. The normalized spacial score (nSPS) is 16.2. The van der Waals surface area contributed by atoms with Crippen molar-refractivity contribution in [2.24, 2.45) is 0 Å². The third-order valence-electron chi connectivity index (χ3n) is 5.33. The number of Topliss-reactive ketones (excluding diaryl/α,β-unsaturated/α-hetero) is 1. The van der Waals surface area contributed by atoms with Gasteiger partial charge >= 0.3 is 0 Å². The Morgan fingerprint density at radius 2 is 1.91 bits per heavy atom. The molecule has 32 heavy (non-hydrogen) atoms. The number of furan rings is 1. The average molecular weight is 446 g/mol. The van der Waals surface area contributed by atoms with Gasteiger partial charge in [-0.1, -0.05) is 17.7 Å². The number of hydrogen-bond acceptors (Lipinski definition) is 6. The van der Waals surface area contributed by atoms with Crippen LogP contribution in [0.4, 0.5) is 0 Å². The molecule has 158 valence electrons. The SMILES string of the molecule is O=C(C1=C(O)C(=O)N(Cc2ccccn2)C1c1ccncc1)c1cc2cc(Cl)ccc2o1. The van der Waals surface area contributed by atoms with Crippen LogP contribution >= 0.6 is 11.6 Å². The van der Waals surface area contributed by atoms with E-state index >= 15 is 0 Å². The van der Waals surface area contributed by atoms with Crippen LogP contribution in [0.15, 0.2) is 88.9 Å². The number of rotatable bonds is 5. The molecule has 0 fully saturated rings. The zero-order valence-corrected chi connectivity index (χ0v) is 17.4. The number of aliphatic hydroxyl groups excluding tert-OH is 1. The molecule has 1 aliphatic heterocycles. The van der Waals surface area contributed by atoms with Crippen LogP contribution in [0.25, 0.3) is 11.0 Å². The second kappa shape index (κ2) is 7.94. The summed E-state index contributed by atoms with van der Waals surface area (Å²) >= 11 is 6.04. The fraction of sp³-hybridized carbons (Fsp3) is 0.0833. The maximum absolute atomic E-state index is 13.5. The molecule has 4 aromatic rings. The number of amides is 1. The topological polar surface area (TPSA) is 96.5 Å². The molecule has 0 radical (unpaired) electrons. The molecule has 1 unspecified atom stereocenters. The molecule has 1 atom stereocenters. The molecule has 0 spiro atoms. The monoisotopic (exact) mass is 445 g/mol. The molecule has 1 amide bonds. The van der Waals surface area contributed by atoms with Crippen molar-refractivity contribution in [3.8, 4) is 0 Å². The van der Waals surface area contributed by atoms with Gasteiger partial charge in [-0.25, -0.2) is 0 Å². The van der Waals surface area contributed by atoms with E-state index in [-0.39, 0.29) is 17.9 Å². The Balaban J connectivity index is 1.59. The van der Waals surface area contributed by atoms with E-state index in [1.54, 1.807) is 67.1 Å². The highest BCUT2D eigenvalue weighted by molar-refractivity contribution is 6.31. The van der Waals surface area contributed by atoms with Crippen LogP contribution < -0.4 is 0 Å².